The van der Waals surface area contributed by atoms with E-state index in [2.05, 4.69) is 20.8 Å². The minimum absolute atomic E-state index is 0.0461. The van der Waals surface area contributed by atoms with E-state index in [1.807, 2.05) is 80.1 Å². The Bertz CT molecular complexity index is 2250. The van der Waals surface area contributed by atoms with Crippen LogP contribution >= 0.6 is 0 Å². The number of benzene rings is 4. The number of pyridine rings is 1. The average Bonchev–Trinajstić information content (AvgIpc) is 3.06. The van der Waals surface area contributed by atoms with Crippen molar-refractivity contribution in [1.82, 2.24) is 0 Å². The molecule has 0 atom stereocenters. The molecule has 5 aromatic rings. The minimum atomic E-state index is -2.62. The van der Waals surface area contributed by atoms with Gasteiger partial charge in [-0.3, -0.25) is 0 Å². The van der Waals surface area contributed by atoms with Crippen LogP contribution in [-0.2, 0) is 13.5 Å². The molecule has 6 rings (SSSR count). The van der Waals surface area contributed by atoms with Gasteiger partial charge in [0.1, 0.15) is 7.05 Å². The lowest BCUT2D eigenvalue weighted by Gasteiger charge is -2.34. The van der Waals surface area contributed by atoms with Gasteiger partial charge in [0.05, 0.1) is 5.56 Å². The van der Waals surface area contributed by atoms with Crippen molar-refractivity contribution in [3.8, 4) is 11.3 Å². The fraction of sp³-hybridized carbons (Fsp3) is 0.293. The Labute approximate surface area is 283 Å². The first-order valence-electron chi connectivity index (χ1n) is 21.2. The summed E-state index contributed by atoms with van der Waals surface area (Å²) in [6.07, 6.45) is 2.17. The number of hydrogen-bond acceptors (Lipinski definition) is 0. The summed E-state index contributed by atoms with van der Waals surface area (Å²) in [7, 11) is 1.81. The summed E-state index contributed by atoms with van der Waals surface area (Å²) in [6, 6.07) is 23.1. The fourth-order valence-electron chi connectivity index (χ4n) is 7.33. The number of aromatic nitrogens is 1. The summed E-state index contributed by atoms with van der Waals surface area (Å²) in [5, 5.41) is 0. The monoisotopic (exact) mass is 586 g/mol. The summed E-state index contributed by atoms with van der Waals surface area (Å²) in [6.45, 7) is -1.55. The second-order valence-corrected chi connectivity index (χ2v) is 13.5. The molecule has 220 valence electrons. The highest BCUT2D eigenvalue weighted by Crippen LogP contribution is 2.29. The zero-order valence-corrected chi connectivity index (χ0v) is 26.4. The lowest BCUT2D eigenvalue weighted by Crippen LogP contribution is -2.75. The molecule has 0 N–H and O–H groups in total. The van der Waals surface area contributed by atoms with Crippen molar-refractivity contribution < 1.29 is 21.0 Å². The topological polar surface area (TPSA) is 3.88 Å². The Morgan fingerprint density at radius 1 is 0.636 bits per heavy atom. The van der Waals surface area contributed by atoms with E-state index in [0.29, 0.717) is 33.9 Å². The lowest BCUT2D eigenvalue weighted by molar-refractivity contribution is -0.660. The molecular formula is C41H46B2N+. The van der Waals surface area contributed by atoms with E-state index in [4.69, 9.17) is 16.4 Å². The highest BCUT2D eigenvalue weighted by Gasteiger charge is 2.40. The first kappa shape index (κ1) is 18.8. The molecule has 0 aliphatic carbocycles. The molecule has 0 saturated carbocycles. The van der Waals surface area contributed by atoms with E-state index in [1.165, 1.54) is 18.2 Å². The third kappa shape index (κ3) is 5.15. The first-order valence-corrected chi connectivity index (χ1v) is 15.2. The molecule has 1 aromatic heterocycles. The van der Waals surface area contributed by atoms with Crippen LogP contribution in [0.2, 0.25) is 0 Å². The van der Waals surface area contributed by atoms with Gasteiger partial charge in [0.15, 0.2) is 6.20 Å². The Kier molecular flexibility index (Phi) is 4.82. The van der Waals surface area contributed by atoms with E-state index >= 15 is 0 Å². The highest BCUT2D eigenvalue weighted by molar-refractivity contribution is 7.11. The maximum Gasteiger partial charge on any atom is 0.240 e. The quantitative estimate of drug-likeness (QED) is 0.203. The second kappa shape index (κ2) is 11.3. The van der Waals surface area contributed by atoms with Crippen LogP contribution in [0.15, 0.2) is 85.1 Å². The molecule has 0 fully saturated rings. The van der Waals surface area contributed by atoms with Crippen molar-refractivity contribution in [2.75, 3.05) is 0 Å². The van der Waals surface area contributed by atoms with Gasteiger partial charge < -0.3 is 0 Å². The average molecular weight is 587 g/mol. The predicted molar refractivity (Wildman–Crippen MR) is 193 cm³/mol. The van der Waals surface area contributed by atoms with Gasteiger partial charge in [-0.25, -0.2) is 4.57 Å². The molecule has 1 nitrogen and oxygen atoms in total. The second-order valence-electron chi connectivity index (χ2n) is 13.5. The van der Waals surface area contributed by atoms with Crippen LogP contribution < -0.4 is 37.3 Å². The molecule has 0 spiro atoms. The first-order chi connectivity index (χ1) is 25.7. The molecule has 2 heterocycles. The summed E-state index contributed by atoms with van der Waals surface area (Å²) in [5.41, 5.74) is 7.44. The van der Waals surface area contributed by atoms with Crippen LogP contribution in [0.25, 0.3) is 11.3 Å². The zero-order chi connectivity index (χ0) is 41.5. The number of aryl methyl sites for hydroxylation is 6. The predicted octanol–water partition coefficient (Wildman–Crippen LogP) is 4.96. The standard InChI is InChI=1S/C41H46B2N/c1-26-16-15-17-27(2)39(26)42-33-18-11-13-20-35(33)43(36-21-14-12-19-34(36)42)40-29(4)22-28(3)38(31(40)6)37-23-32(24-41(7,8)9)30(5)25-44(37)10/h11-23,25H,24H2,1-10H3/q+1/i1D3,2D3,4D3,5D3. The van der Waals surface area contributed by atoms with Gasteiger partial charge in [-0.2, -0.15) is 0 Å². The molecule has 0 saturated heterocycles. The molecule has 3 heteroatoms. The van der Waals surface area contributed by atoms with Crippen LogP contribution in [0.1, 0.15) is 76.2 Å². The smallest absolute Gasteiger partial charge is 0.201 e. The third-order valence-corrected chi connectivity index (χ3v) is 9.08. The van der Waals surface area contributed by atoms with E-state index in [0.717, 1.165) is 27.7 Å². The van der Waals surface area contributed by atoms with Crippen LogP contribution in [-0.4, -0.2) is 13.4 Å². The largest absolute Gasteiger partial charge is 0.240 e. The minimum Gasteiger partial charge on any atom is -0.201 e. The molecule has 0 unspecified atom stereocenters. The van der Waals surface area contributed by atoms with Crippen molar-refractivity contribution in [2.24, 2.45) is 12.5 Å². The number of hydrogen-bond donors (Lipinski definition) is 0. The van der Waals surface area contributed by atoms with E-state index in [-0.39, 0.29) is 33.1 Å². The Balaban J connectivity index is 1.72. The van der Waals surface area contributed by atoms with E-state index < -0.39 is 40.8 Å². The Morgan fingerprint density at radius 2 is 1.16 bits per heavy atom. The zero-order valence-electron chi connectivity index (χ0n) is 38.4. The van der Waals surface area contributed by atoms with Gasteiger partial charge >= 0.3 is 0 Å². The Hall–Kier alpha value is -3.84. The van der Waals surface area contributed by atoms with Crippen molar-refractivity contribution in [2.45, 2.75) is 68.4 Å². The van der Waals surface area contributed by atoms with Gasteiger partial charge in [-0.15, -0.1) is 0 Å². The van der Waals surface area contributed by atoms with Gasteiger partial charge in [0, 0.05) is 28.1 Å². The highest BCUT2D eigenvalue weighted by atomic mass is 14.9. The normalized spacial score (nSPS) is 18.0. The number of nitrogens with zero attached hydrogens (tertiary/aromatic N) is 1. The molecule has 0 amide bonds. The van der Waals surface area contributed by atoms with Crippen LogP contribution in [0.5, 0.6) is 0 Å². The molecule has 0 radical (unpaired) electrons. The van der Waals surface area contributed by atoms with Gasteiger partial charge in [0.25, 0.3) is 0 Å². The third-order valence-electron chi connectivity index (χ3n) is 9.08. The molecule has 0 bridgehead atoms. The molecular weight excluding hydrogens is 528 g/mol. The van der Waals surface area contributed by atoms with Crippen molar-refractivity contribution >= 4 is 46.2 Å². The van der Waals surface area contributed by atoms with Gasteiger partial charge in [-0.1, -0.05) is 143 Å². The molecule has 4 aromatic carbocycles. The number of fused-ring (bicyclic) bond motifs is 2. The summed E-state index contributed by atoms with van der Waals surface area (Å²) in [5.74, 6) is 0. The van der Waals surface area contributed by atoms with Gasteiger partial charge in [-0.05, 0) is 69.8 Å². The van der Waals surface area contributed by atoms with Crippen molar-refractivity contribution in [1.29, 1.82) is 0 Å². The fourth-order valence-corrected chi connectivity index (χ4v) is 7.33. The lowest BCUT2D eigenvalue weighted by atomic mass is 9.20. The maximum atomic E-state index is 8.85. The molecule has 1 aliphatic heterocycles. The van der Waals surface area contributed by atoms with Crippen LogP contribution in [0.3, 0.4) is 0 Å². The van der Waals surface area contributed by atoms with Crippen LogP contribution in [0, 0.1) is 46.7 Å². The SMILES string of the molecule is [2H]C([2H])([2H])c1c[n+](C)c(-c2c(C)cc(C([2H])([2H])[2H])c(B3c4ccccc4B(c4c(C([2H])([2H])[2H])cccc4C([2H])([2H])[2H])c4ccccc43)c2C)cc1CC(C)(C)C. The maximum absolute atomic E-state index is 8.85. The van der Waals surface area contributed by atoms with E-state index in [9.17, 15) is 0 Å². The van der Waals surface area contributed by atoms with Gasteiger partial charge in [0.2, 0.25) is 19.1 Å². The Morgan fingerprint density at radius 3 is 1.66 bits per heavy atom. The van der Waals surface area contributed by atoms with Crippen molar-refractivity contribution in [3.63, 3.8) is 0 Å². The summed E-state index contributed by atoms with van der Waals surface area (Å²) >= 11 is 0. The number of rotatable bonds is 4. The van der Waals surface area contributed by atoms with E-state index in [1.54, 1.807) is 12.3 Å². The molecule has 1 aliphatic rings. The van der Waals surface area contributed by atoms with Crippen molar-refractivity contribution in [3.05, 3.63) is 124 Å². The van der Waals surface area contributed by atoms with Crippen LogP contribution in [0.4, 0.5) is 0 Å². The summed E-state index contributed by atoms with van der Waals surface area (Å²) in [4.78, 5) is 0. The molecule has 44 heavy (non-hydrogen) atoms. The summed E-state index contributed by atoms with van der Waals surface area (Å²) < 4.78 is 104.